The second-order valence-corrected chi connectivity index (χ2v) is 5.77. The fraction of sp³-hybridized carbons (Fsp3) is 0.350. The number of amides is 1. The van der Waals surface area contributed by atoms with Crippen LogP contribution in [0, 0.1) is 0 Å². The van der Waals surface area contributed by atoms with E-state index in [1.807, 2.05) is 18.2 Å². The van der Waals surface area contributed by atoms with Crippen molar-refractivity contribution in [3.8, 4) is 23.0 Å². The molecule has 2 aromatic rings. The molecular formula is C20H25NO5. The number of carbonyl (C=O) groups is 1. The fourth-order valence-electron chi connectivity index (χ4n) is 2.59. The summed E-state index contributed by atoms with van der Waals surface area (Å²) in [5.74, 6) is 2.44. The van der Waals surface area contributed by atoms with Crippen molar-refractivity contribution in [1.82, 2.24) is 4.90 Å². The monoisotopic (exact) mass is 359 g/mol. The SMILES string of the molecule is COc1cc(OC)cc(C(=O)N(C)CCc2ccc(OC)c(OC)c2)c1. The molecule has 2 aromatic carbocycles. The van der Waals surface area contributed by atoms with Crippen molar-refractivity contribution in [3.63, 3.8) is 0 Å². The fourth-order valence-corrected chi connectivity index (χ4v) is 2.59. The van der Waals surface area contributed by atoms with E-state index in [0.717, 1.165) is 5.56 Å². The third-order valence-corrected chi connectivity index (χ3v) is 4.13. The molecule has 1 amide bonds. The van der Waals surface area contributed by atoms with E-state index in [1.165, 1.54) is 0 Å². The average molecular weight is 359 g/mol. The molecule has 0 aromatic heterocycles. The van der Waals surface area contributed by atoms with Gasteiger partial charge in [0.15, 0.2) is 11.5 Å². The Kier molecular flexibility index (Phi) is 6.72. The van der Waals surface area contributed by atoms with Gasteiger partial charge < -0.3 is 23.8 Å². The molecule has 0 saturated carbocycles. The van der Waals surface area contributed by atoms with Crippen molar-refractivity contribution in [3.05, 3.63) is 47.5 Å². The Morgan fingerprint density at radius 1 is 0.846 bits per heavy atom. The smallest absolute Gasteiger partial charge is 0.253 e. The predicted octanol–water partition coefficient (Wildman–Crippen LogP) is 3.04. The molecule has 0 N–H and O–H groups in total. The summed E-state index contributed by atoms with van der Waals surface area (Å²) in [6.07, 6.45) is 0.698. The number of hydrogen-bond donors (Lipinski definition) is 0. The minimum absolute atomic E-state index is 0.0947. The van der Waals surface area contributed by atoms with E-state index in [0.29, 0.717) is 41.5 Å². The van der Waals surface area contributed by atoms with Crippen molar-refractivity contribution in [1.29, 1.82) is 0 Å². The Labute approximate surface area is 154 Å². The maximum atomic E-state index is 12.7. The van der Waals surface area contributed by atoms with Crippen LogP contribution in [0.4, 0.5) is 0 Å². The number of likely N-dealkylation sites (N-methyl/N-ethyl adjacent to an activating group) is 1. The highest BCUT2D eigenvalue weighted by molar-refractivity contribution is 5.95. The van der Waals surface area contributed by atoms with Gasteiger partial charge in [-0.1, -0.05) is 6.07 Å². The summed E-state index contributed by atoms with van der Waals surface area (Å²) in [5, 5.41) is 0. The summed E-state index contributed by atoms with van der Waals surface area (Å²) in [4.78, 5) is 14.4. The highest BCUT2D eigenvalue weighted by Gasteiger charge is 2.15. The van der Waals surface area contributed by atoms with Crippen LogP contribution in [0.15, 0.2) is 36.4 Å². The van der Waals surface area contributed by atoms with Crippen molar-refractivity contribution in [2.24, 2.45) is 0 Å². The zero-order chi connectivity index (χ0) is 19.1. The molecule has 26 heavy (non-hydrogen) atoms. The van der Waals surface area contributed by atoms with Gasteiger partial charge >= 0.3 is 0 Å². The zero-order valence-electron chi connectivity index (χ0n) is 15.9. The van der Waals surface area contributed by atoms with E-state index < -0.39 is 0 Å². The molecule has 0 spiro atoms. The Morgan fingerprint density at radius 2 is 1.46 bits per heavy atom. The summed E-state index contributed by atoms with van der Waals surface area (Å²) < 4.78 is 21.0. The van der Waals surface area contributed by atoms with Crippen LogP contribution >= 0.6 is 0 Å². The number of nitrogens with zero attached hydrogens (tertiary/aromatic N) is 1. The third kappa shape index (κ3) is 4.59. The van der Waals surface area contributed by atoms with Gasteiger partial charge in [-0.25, -0.2) is 0 Å². The maximum absolute atomic E-state index is 12.7. The van der Waals surface area contributed by atoms with Crippen LogP contribution < -0.4 is 18.9 Å². The van der Waals surface area contributed by atoms with E-state index >= 15 is 0 Å². The van der Waals surface area contributed by atoms with Crippen molar-refractivity contribution < 1.29 is 23.7 Å². The van der Waals surface area contributed by atoms with Gasteiger partial charge in [0, 0.05) is 25.2 Å². The van der Waals surface area contributed by atoms with Crippen LogP contribution in [0.2, 0.25) is 0 Å². The second-order valence-electron chi connectivity index (χ2n) is 5.77. The lowest BCUT2D eigenvalue weighted by Crippen LogP contribution is -2.28. The number of benzene rings is 2. The maximum Gasteiger partial charge on any atom is 0.253 e. The Hall–Kier alpha value is -2.89. The molecule has 0 aliphatic heterocycles. The van der Waals surface area contributed by atoms with Gasteiger partial charge in [0.2, 0.25) is 0 Å². The summed E-state index contributed by atoms with van der Waals surface area (Å²) in [6, 6.07) is 10.9. The zero-order valence-corrected chi connectivity index (χ0v) is 15.9. The first-order chi connectivity index (χ1) is 12.5. The number of carbonyl (C=O) groups excluding carboxylic acids is 1. The first-order valence-electron chi connectivity index (χ1n) is 8.21. The summed E-state index contributed by atoms with van der Waals surface area (Å²) in [5.41, 5.74) is 1.58. The Morgan fingerprint density at radius 3 is 2.00 bits per heavy atom. The molecule has 0 aliphatic carbocycles. The van der Waals surface area contributed by atoms with Crippen molar-refractivity contribution in [2.75, 3.05) is 42.0 Å². The van der Waals surface area contributed by atoms with E-state index in [1.54, 1.807) is 58.6 Å². The molecule has 0 radical (unpaired) electrons. The van der Waals surface area contributed by atoms with E-state index in [9.17, 15) is 4.79 Å². The van der Waals surface area contributed by atoms with Crippen LogP contribution in [0.3, 0.4) is 0 Å². The number of methoxy groups -OCH3 is 4. The minimum Gasteiger partial charge on any atom is -0.497 e. The quantitative estimate of drug-likeness (QED) is 0.725. The molecule has 6 nitrogen and oxygen atoms in total. The first kappa shape index (κ1) is 19.4. The lowest BCUT2D eigenvalue weighted by molar-refractivity contribution is 0.0796. The van der Waals surface area contributed by atoms with Crippen molar-refractivity contribution in [2.45, 2.75) is 6.42 Å². The van der Waals surface area contributed by atoms with Gasteiger partial charge in [-0.15, -0.1) is 0 Å². The predicted molar refractivity (Wildman–Crippen MR) is 99.8 cm³/mol. The van der Waals surface area contributed by atoms with Crippen LogP contribution in [-0.4, -0.2) is 52.8 Å². The van der Waals surface area contributed by atoms with Crippen LogP contribution in [0.25, 0.3) is 0 Å². The van der Waals surface area contributed by atoms with Gasteiger partial charge in [-0.3, -0.25) is 4.79 Å². The largest absolute Gasteiger partial charge is 0.497 e. The Bertz CT molecular complexity index is 738. The van der Waals surface area contributed by atoms with Gasteiger partial charge in [0.1, 0.15) is 11.5 Å². The van der Waals surface area contributed by atoms with Crippen LogP contribution in [0.5, 0.6) is 23.0 Å². The molecule has 140 valence electrons. The molecule has 0 aliphatic rings. The molecular weight excluding hydrogens is 334 g/mol. The molecule has 0 unspecified atom stereocenters. The van der Waals surface area contributed by atoms with Crippen LogP contribution in [0.1, 0.15) is 15.9 Å². The highest BCUT2D eigenvalue weighted by Crippen LogP contribution is 2.28. The van der Waals surface area contributed by atoms with Crippen LogP contribution in [-0.2, 0) is 6.42 Å². The van der Waals surface area contributed by atoms with Gasteiger partial charge in [0.05, 0.1) is 28.4 Å². The standard InChI is InChI=1S/C20H25NO5/c1-21(9-8-14-6-7-18(25-4)19(10-14)26-5)20(22)15-11-16(23-2)13-17(12-15)24-3/h6-7,10-13H,8-9H2,1-5H3. The van der Waals surface area contributed by atoms with Gasteiger partial charge in [-0.2, -0.15) is 0 Å². The first-order valence-corrected chi connectivity index (χ1v) is 8.21. The highest BCUT2D eigenvalue weighted by atomic mass is 16.5. The van der Waals surface area contributed by atoms with Gasteiger partial charge in [-0.05, 0) is 36.2 Å². The second kappa shape index (κ2) is 8.99. The molecule has 0 heterocycles. The number of rotatable bonds is 8. The van der Waals surface area contributed by atoms with E-state index in [4.69, 9.17) is 18.9 Å². The molecule has 0 fully saturated rings. The lowest BCUT2D eigenvalue weighted by Gasteiger charge is -2.18. The Balaban J connectivity index is 2.08. The average Bonchev–Trinajstić information content (AvgIpc) is 2.70. The normalized spacial score (nSPS) is 10.2. The van der Waals surface area contributed by atoms with E-state index in [2.05, 4.69) is 0 Å². The summed E-state index contributed by atoms with van der Waals surface area (Å²) >= 11 is 0. The molecule has 0 bridgehead atoms. The third-order valence-electron chi connectivity index (χ3n) is 4.13. The topological polar surface area (TPSA) is 57.2 Å². The van der Waals surface area contributed by atoms with E-state index in [-0.39, 0.29) is 5.91 Å². The molecule has 0 saturated heterocycles. The van der Waals surface area contributed by atoms with Gasteiger partial charge in [0.25, 0.3) is 5.91 Å². The number of hydrogen-bond acceptors (Lipinski definition) is 5. The van der Waals surface area contributed by atoms with Crippen molar-refractivity contribution >= 4 is 5.91 Å². The molecule has 0 atom stereocenters. The summed E-state index contributed by atoms with van der Waals surface area (Å²) in [7, 11) is 8.10. The minimum atomic E-state index is -0.0947. The molecule has 2 rings (SSSR count). The summed E-state index contributed by atoms with van der Waals surface area (Å²) in [6.45, 7) is 0.563. The molecule has 6 heteroatoms. The number of ether oxygens (including phenoxy) is 4. The lowest BCUT2D eigenvalue weighted by atomic mass is 10.1.